The van der Waals surface area contributed by atoms with Crippen LogP contribution in [0.5, 0.6) is 0 Å². The van der Waals surface area contributed by atoms with Crippen LogP contribution < -0.4 is 0 Å². The minimum Gasteiger partial charge on any atom is -0.389 e. The van der Waals surface area contributed by atoms with Gasteiger partial charge in [-0.05, 0) is 70.2 Å². The molecule has 1 unspecified atom stereocenters. The van der Waals surface area contributed by atoms with E-state index in [9.17, 15) is 9.90 Å². The highest BCUT2D eigenvalue weighted by atomic mass is 16.3. The number of carbonyl (C=O) groups is 1. The zero-order valence-corrected chi connectivity index (χ0v) is 15.7. The van der Waals surface area contributed by atoms with E-state index in [-0.39, 0.29) is 11.9 Å². The molecule has 1 atom stereocenters. The van der Waals surface area contributed by atoms with Crippen molar-refractivity contribution in [2.75, 3.05) is 19.6 Å². The third-order valence-corrected chi connectivity index (χ3v) is 5.63. The van der Waals surface area contributed by atoms with Crippen molar-refractivity contribution in [2.45, 2.75) is 70.6 Å². The maximum Gasteiger partial charge on any atom is 0.253 e. The fourth-order valence-corrected chi connectivity index (χ4v) is 4.30. The topological polar surface area (TPSA) is 43.8 Å². The lowest BCUT2D eigenvalue weighted by atomic mass is 9.88. The molecule has 1 aromatic carbocycles. The van der Waals surface area contributed by atoms with Crippen molar-refractivity contribution in [1.82, 2.24) is 9.80 Å². The number of aliphatic hydroxyl groups is 1. The van der Waals surface area contributed by atoms with Gasteiger partial charge >= 0.3 is 0 Å². The maximum atomic E-state index is 12.7. The number of hydrogen-bond donors (Lipinski definition) is 1. The van der Waals surface area contributed by atoms with E-state index >= 15 is 0 Å². The van der Waals surface area contributed by atoms with E-state index in [0.29, 0.717) is 0 Å². The van der Waals surface area contributed by atoms with Gasteiger partial charge in [-0.25, -0.2) is 0 Å². The van der Waals surface area contributed by atoms with Crippen LogP contribution in [0.1, 0.15) is 68.3 Å². The van der Waals surface area contributed by atoms with Crippen molar-refractivity contribution in [1.29, 1.82) is 0 Å². The van der Waals surface area contributed by atoms with E-state index in [4.69, 9.17) is 0 Å². The Morgan fingerprint density at radius 2 is 1.84 bits per heavy atom. The second kappa shape index (κ2) is 7.88. The van der Waals surface area contributed by atoms with Gasteiger partial charge < -0.3 is 10.0 Å². The Hall–Kier alpha value is -1.39. The normalized spacial score (nSPS) is 22.8. The lowest BCUT2D eigenvalue weighted by Crippen LogP contribution is -2.51. The fourth-order valence-electron chi connectivity index (χ4n) is 4.30. The molecule has 0 spiro atoms. The molecule has 0 aliphatic carbocycles. The van der Waals surface area contributed by atoms with Gasteiger partial charge in [-0.3, -0.25) is 9.69 Å². The van der Waals surface area contributed by atoms with Gasteiger partial charge in [0.15, 0.2) is 0 Å². The molecule has 2 aliphatic rings. The van der Waals surface area contributed by atoms with Gasteiger partial charge in [0.1, 0.15) is 0 Å². The molecule has 0 saturated carbocycles. The number of hydrogen-bond acceptors (Lipinski definition) is 3. The van der Waals surface area contributed by atoms with Gasteiger partial charge in [0.2, 0.25) is 0 Å². The number of nitrogens with zero attached hydrogens (tertiary/aromatic N) is 2. The molecule has 0 bridgehead atoms. The number of carbonyl (C=O) groups excluding carboxylic acids is 1. The van der Waals surface area contributed by atoms with Crippen molar-refractivity contribution in [2.24, 2.45) is 0 Å². The van der Waals surface area contributed by atoms with Gasteiger partial charge in [-0.1, -0.05) is 18.6 Å². The molecule has 25 heavy (non-hydrogen) atoms. The van der Waals surface area contributed by atoms with Crippen LogP contribution in [0.15, 0.2) is 24.3 Å². The molecule has 0 radical (unpaired) electrons. The lowest BCUT2D eigenvalue weighted by molar-refractivity contribution is -0.0397. The first kappa shape index (κ1) is 18.4. The Morgan fingerprint density at radius 1 is 1.12 bits per heavy atom. The maximum absolute atomic E-state index is 12.7. The highest BCUT2D eigenvalue weighted by Gasteiger charge is 2.34. The third kappa shape index (κ3) is 4.62. The van der Waals surface area contributed by atoms with E-state index in [1.165, 1.54) is 24.8 Å². The summed E-state index contributed by atoms with van der Waals surface area (Å²) in [6.45, 7) is 7.40. The van der Waals surface area contributed by atoms with E-state index in [2.05, 4.69) is 11.0 Å². The van der Waals surface area contributed by atoms with Crippen molar-refractivity contribution < 1.29 is 9.90 Å². The number of rotatable bonds is 4. The van der Waals surface area contributed by atoms with E-state index in [1.54, 1.807) is 0 Å². The Kier molecular flexibility index (Phi) is 5.80. The molecule has 2 heterocycles. The molecular formula is C21H32N2O2. The van der Waals surface area contributed by atoms with Crippen molar-refractivity contribution in [3.63, 3.8) is 0 Å². The van der Waals surface area contributed by atoms with Crippen molar-refractivity contribution >= 4 is 5.91 Å². The summed E-state index contributed by atoms with van der Waals surface area (Å²) in [5.74, 6) is 0.166. The Labute approximate surface area is 151 Å². The quantitative estimate of drug-likeness (QED) is 0.910. The van der Waals surface area contributed by atoms with Gasteiger partial charge in [-0.2, -0.15) is 0 Å². The van der Waals surface area contributed by atoms with Crippen LogP contribution in [0.3, 0.4) is 0 Å². The largest absolute Gasteiger partial charge is 0.389 e. The molecule has 2 saturated heterocycles. The average molecular weight is 344 g/mol. The van der Waals surface area contributed by atoms with Crippen LogP contribution in [0, 0.1) is 0 Å². The van der Waals surface area contributed by atoms with E-state index in [0.717, 1.165) is 51.0 Å². The summed E-state index contributed by atoms with van der Waals surface area (Å²) in [5.41, 5.74) is 1.27. The zero-order valence-electron chi connectivity index (χ0n) is 15.7. The molecule has 2 aliphatic heterocycles. The molecule has 138 valence electrons. The summed E-state index contributed by atoms with van der Waals surface area (Å²) in [6, 6.07) is 8.26. The van der Waals surface area contributed by atoms with Crippen LogP contribution in [-0.2, 0) is 6.54 Å². The molecule has 3 rings (SSSR count). The van der Waals surface area contributed by atoms with Crippen LogP contribution in [0.4, 0.5) is 0 Å². The molecule has 1 amide bonds. The summed E-state index contributed by atoms with van der Waals surface area (Å²) >= 11 is 0. The highest BCUT2D eigenvalue weighted by Crippen LogP contribution is 2.27. The summed E-state index contributed by atoms with van der Waals surface area (Å²) < 4.78 is 0. The van der Waals surface area contributed by atoms with Crippen LogP contribution in [0.2, 0.25) is 0 Å². The minimum atomic E-state index is -0.693. The average Bonchev–Trinajstić information content (AvgIpc) is 2.62. The molecule has 1 aromatic rings. The second-order valence-corrected chi connectivity index (χ2v) is 8.19. The Balaban J connectivity index is 1.71. The zero-order chi connectivity index (χ0) is 17.9. The highest BCUT2D eigenvalue weighted by molar-refractivity contribution is 5.94. The first-order valence-electron chi connectivity index (χ1n) is 9.80. The van der Waals surface area contributed by atoms with Gasteiger partial charge in [0.25, 0.3) is 5.91 Å². The molecule has 2 fully saturated rings. The number of piperidine rings is 2. The SMILES string of the molecule is CC(C)(O)C1CCCCN1Cc1cccc(C(=O)N2CCCCC2)c1. The monoisotopic (exact) mass is 344 g/mol. The molecule has 4 nitrogen and oxygen atoms in total. The molecule has 0 aromatic heterocycles. The summed E-state index contributed by atoms with van der Waals surface area (Å²) in [7, 11) is 0. The van der Waals surface area contributed by atoms with Crippen molar-refractivity contribution in [3.05, 3.63) is 35.4 Å². The standard InChI is InChI=1S/C21H32N2O2/c1-21(2,25)19-11-4-7-14-23(19)16-17-9-8-10-18(15-17)20(24)22-12-5-3-6-13-22/h8-10,15,19,25H,3-7,11-14,16H2,1-2H3. The second-order valence-electron chi connectivity index (χ2n) is 8.19. The number of likely N-dealkylation sites (tertiary alicyclic amines) is 2. The third-order valence-electron chi connectivity index (χ3n) is 5.63. The molecule has 4 heteroatoms. The van der Waals surface area contributed by atoms with Crippen LogP contribution in [-0.4, -0.2) is 52.1 Å². The van der Waals surface area contributed by atoms with Crippen molar-refractivity contribution in [3.8, 4) is 0 Å². The van der Waals surface area contributed by atoms with Gasteiger partial charge in [0, 0.05) is 31.2 Å². The predicted octanol–water partition coefficient (Wildman–Crippen LogP) is 3.44. The first-order chi connectivity index (χ1) is 11.9. The summed E-state index contributed by atoms with van der Waals surface area (Å²) in [4.78, 5) is 17.1. The molecular weight excluding hydrogens is 312 g/mol. The minimum absolute atomic E-state index is 0.166. The summed E-state index contributed by atoms with van der Waals surface area (Å²) in [6.07, 6.45) is 6.86. The first-order valence-corrected chi connectivity index (χ1v) is 9.80. The van der Waals surface area contributed by atoms with E-state index in [1.807, 2.05) is 36.9 Å². The van der Waals surface area contributed by atoms with E-state index < -0.39 is 5.60 Å². The predicted molar refractivity (Wildman–Crippen MR) is 101 cm³/mol. The van der Waals surface area contributed by atoms with Gasteiger partial charge in [0.05, 0.1) is 5.60 Å². The van der Waals surface area contributed by atoms with Crippen LogP contribution >= 0.6 is 0 Å². The van der Waals surface area contributed by atoms with Crippen LogP contribution in [0.25, 0.3) is 0 Å². The summed E-state index contributed by atoms with van der Waals surface area (Å²) in [5, 5.41) is 10.5. The molecule has 1 N–H and O–H groups in total. The Morgan fingerprint density at radius 3 is 2.56 bits per heavy atom. The lowest BCUT2D eigenvalue weighted by Gasteiger charge is -2.42. The fraction of sp³-hybridized carbons (Fsp3) is 0.667. The Bertz CT molecular complexity index is 588. The van der Waals surface area contributed by atoms with Gasteiger partial charge in [-0.15, -0.1) is 0 Å². The smallest absolute Gasteiger partial charge is 0.253 e. The number of benzene rings is 1. The number of amides is 1.